The molecule has 0 saturated carbocycles. The summed E-state index contributed by atoms with van der Waals surface area (Å²) >= 11 is 0. The SMILES string of the molecule is Cc1nn(C)cc1-c1cc(C(F)F)nc(N2CCC[C@@H]2C(=O)O)n1. The molecule has 3 rings (SSSR count). The lowest BCUT2D eigenvalue weighted by molar-refractivity contribution is -0.138. The smallest absolute Gasteiger partial charge is 0.326 e. The Bertz CT molecular complexity index is 777. The third-order valence-corrected chi connectivity index (χ3v) is 4.04. The lowest BCUT2D eigenvalue weighted by Gasteiger charge is -2.22. The highest BCUT2D eigenvalue weighted by molar-refractivity contribution is 5.78. The molecule has 1 saturated heterocycles. The fraction of sp³-hybridized carbons (Fsp3) is 0.467. The molecular weight excluding hydrogens is 320 g/mol. The van der Waals surface area contributed by atoms with Gasteiger partial charge in [0.05, 0.1) is 11.4 Å². The second kappa shape index (κ2) is 6.14. The summed E-state index contributed by atoms with van der Waals surface area (Å²) in [7, 11) is 1.73. The number of rotatable bonds is 4. The molecule has 1 N–H and O–H groups in total. The van der Waals surface area contributed by atoms with Crippen molar-refractivity contribution in [2.75, 3.05) is 11.4 Å². The maximum Gasteiger partial charge on any atom is 0.326 e. The number of aliphatic carboxylic acids is 1. The largest absolute Gasteiger partial charge is 0.480 e. The lowest BCUT2D eigenvalue weighted by Crippen LogP contribution is -2.37. The van der Waals surface area contributed by atoms with Crippen molar-refractivity contribution in [3.63, 3.8) is 0 Å². The van der Waals surface area contributed by atoms with Gasteiger partial charge >= 0.3 is 5.97 Å². The molecule has 0 spiro atoms. The van der Waals surface area contributed by atoms with E-state index in [1.807, 2.05) is 0 Å². The molecule has 1 atom stereocenters. The minimum Gasteiger partial charge on any atom is -0.480 e. The summed E-state index contributed by atoms with van der Waals surface area (Å²) in [5.74, 6) is -0.978. The fourth-order valence-electron chi connectivity index (χ4n) is 2.94. The van der Waals surface area contributed by atoms with Crippen molar-refractivity contribution >= 4 is 11.9 Å². The van der Waals surface area contributed by atoms with Gasteiger partial charge in [-0.25, -0.2) is 23.5 Å². The van der Waals surface area contributed by atoms with Crippen molar-refractivity contribution in [3.05, 3.63) is 23.7 Å². The van der Waals surface area contributed by atoms with Crippen LogP contribution >= 0.6 is 0 Å². The average molecular weight is 337 g/mol. The van der Waals surface area contributed by atoms with Crippen molar-refractivity contribution in [1.29, 1.82) is 0 Å². The van der Waals surface area contributed by atoms with E-state index >= 15 is 0 Å². The maximum absolute atomic E-state index is 13.2. The van der Waals surface area contributed by atoms with Crippen LogP contribution in [0.25, 0.3) is 11.3 Å². The number of nitrogens with zero attached hydrogens (tertiary/aromatic N) is 5. The Kier molecular flexibility index (Phi) is 4.16. The summed E-state index contributed by atoms with van der Waals surface area (Å²) in [6, 6.07) is 0.435. The third-order valence-electron chi connectivity index (χ3n) is 4.04. The summed E-state index contributed by atoms with van der Waals surface area (Å²) in [5, 5.41) is 13.5. The van der Waals surface area contributed by atoms with Gasteiger partial charge in [-0.15, -0.1) is 0 Å². The average Bonchev–Trinajstić information content (AvgIpc) is 3.13. The number of aryl methyl sites for hydroxylation is 2. The van der Waals surface area contributed by atoms with Gasteiger partial charge in [-0.05, 0) is 25.8 Å². The van der Waals surface area contributed by atoms with Crippen LogP contribution in [0, 0.1) is 6.92 Å². The van der Waals surface area contributed by atoms with E-state index in [9.17, 15) is 18.7 Å². The zero-order valence-electron chi connectivity index (χ0n) is 13.3. The maximum atomic E-state index is 13.2. The van der Waals surface area contributed by atoms with Gasteiger partial charge in [0.15, 0.2) is 0 Å². The van der Waals surface area contributed by atoms with Crippen LogP contribution < -0.4 is 4.90 Å². The van der Waals surface area contributed by atoms with Gasteiger partial charge in [0.1, 0.15) is 11.7 Å². The number of halogens is 2. The van der Waals surface area contributed by atoms with Crippen LogP contribution in [-0.4, -0.2) is 43.4 Å². The summed E-state index contributed by atoms with van der Waals surface area (Å²) in [4.78, 5) is 21.1. The van der Waals surface area contributed by atoms with E-state index in [-0.39, 0.29) is 5.95 Å². The quantitative estimate of drug-likeness (QED) is 0.920. The molecule has 0 radical (unpaired) electrons. The molecule has 128 valence electrons. The highest BCUT2D eigenvalue weighted by atomic mass is 19.3. The van der Waals surface area contributed by atoms with Crippen LogP contribution in [0.15, 0.2) is 12.3 Å². The molecule has 9 heteroatoms. The number of alkyl halides is 2. The van der Waals surface area contributed by atoms with Gasteiger partial charge in [-0.2, -0.15) is 5.10 Å². The van der Waals surface area contributed by atoms with Crippen LogP contribution in [0.1, 0.15) is 30.7 Å². The number of carboxylic acids is 1. The Morgan fingerprint density at radius 1 is 1.42 bits per heavy atom. The first-order chi connectivity index (χ1) is 11.4. The Hall–Kier alpha value is -2.58. The Morgan fingerprint density at radius 3 is 2.75 bits per heavy atom. The molecule has 1 fully saturated rings. The number of anilines is 1. The Morgan fingerprint density at radius 2 is 2.17 bits per heavy atom. The molecule has 2 aromatic heterocycles. The fourth-order valence-corrected chi connectivity index (χ4v) is 2.94. The first-order valence-corrected chi connectivity index (χ1v) is 7.54. The van der Waals surface area contributed by atoms with Gasteiger partial charge in [0, 0.05) is 25.4 Å². The molecule has 7 nitrogen and oxygen atoms in total. The highest BCUT2D eigenvalue weighted by Gasteiger charge is 2.33. The molecule has 1 aliphatic rings. The predicted octanol–water partition coefficient (Wildman–Crippen LogP) is 2.18. The van der Waals surface area contributed by atoms with Crippen LogP contribution in [0.5, 0.6) is 0 Å². The van der Waals surface area contributed by atoms with E-state index in [1.165, 1.54) is 11.0 Å². The number of hydrogen-bond donors (Lipinski definition) is 1. The second-order valence-electron chi connectivity index (χ2n) is 5.77. The van der Waals surface area contributed by atoms with E-state index in [0.717, 1.165) is 0 Å². The van der Waals surface area contributed by atoms with Crippen molar-refractivity contribution in [2.45, 2.75) is 32.2 Å². The number of carbonyl (C=O) groups is 1. The number of aromatic nitrogens is 4. The number of carboxylic acid groups (broad SMARTS) is 1. The molecule has 1 aliphatic heterocycles. The first-order valence-electron chi connectivity index (χ1n) is 7.54. The van der Waals surface area contributed by atoms with E-state index in [4.69, 9.17) is 0 Å². The van der Waals surface area contributed by atoms with Crippen LogP contribution in [-0.2, 0) is 11.8 Å². The molecule has 0 unspecified atom stereocenters. The topological polar surface area (TPSA) is 84.1 Å². The van der Waals surface area contributed by atoms with Crippen molar-refractivity contribution in [2.24, 2.45) is 7.05 Å². The van der Waals surface area contributed by atoms with Crippen LogP contribution in [0.4, 0.5) is 14.7 Å². The normalized spacial score (nSPS) is 17.7. The van der Waals surface area contributed by atoms with Crippen LogP contribution in [0.3, 0.4) is 0 Å². The predicted molar refractivity (Wildman–Crippen MR) is 81.9 cm³/mol. The summed E-state index contributed by atoms with van der Waals surface area (Å²) in [6.45, 7) is 2.18. The lowest BCUT2D eigenvalue weighted by atomic mass is 10.1. The monoisotopic (exact) mass is 337 g/mol. The van der Waals surface area contributed by atoms with E-state index in [2.05, 4.69) is 15.1 Å². The van der Waals surface area contributed by atoms with E-state index in [1.54, 1.807) is 24.9 Å². The number of hydrogen-bond acceptors (Lipinski definition) is 5. The Labute approximate surface area is 136 Å². The van der Waals surface area contributed by atoms with Crippen molar-refractivity contribution in [3.8, 4) is 11.3 Å². The zero-order chi connectivity index (χ0) is 17.4. The third kappa shape index (κ3) is 2.93. The molecule has 0 bridgehead atoms. The van der Waals surface area contributed by atoms with Crippen molar-refractivity contribution in [1.82, 2.24) is 19.7 Å². The van der Waals surface area contributed by atoms with Gasteiger partial charge in [0.2, 0.25) is 5.95 Å². The summed E-state index contributed by atoms with van der Waals surface area (Å²) < 4.78 is 28.1. The zero-order valence-corrected chi connectivity index (χ0v) is 13.3. The Balaban J connectivity index is 2.10. The van der Waals surface area contributed by atoms with E-state index in [0.29, 0.717) is 36.3 Å². The standard InChI is InChI=1S/C15H17F2N5O2/c1-8-9(7-21(2)20-8)10-6-11(13(16)17)19-15(18-10)22-5-3-4-12(22)14(23)24/h6-7,12-13H,3-5H2,1-2H3,(H,23,24)/t12-/m1/s1. The van der Waals surface area contributed by atoms with Gasteiger partial charge in [0.25, 0.3) is 6.43 Å². The molecule has 24 heavy (non-hydrogen) atoms. The summed E-state index contributed by atoms with van der Waals surface area (Å²) in [5.41, 5.74) is 1.17. The molecule has 3 heterocycles. The van der Waals surface area contributed by atoms with Crippen molar-refractivity contribution < 1.29 is 18.7 Å². The molecule has 2 aromatic rings. The van der Waals surface area contributed by atoms with Gasteiger partial charge in [-0.1, -0.05) is 0 Å². The van der Waals surface area contributed by atoms with Gasteiger partial charge in [-0.3, -0.25) is 4.68 Å². The summed E-state index contributed by atoms with van der Waals surface area (Å²) in [6.07, 6.45) is 0.0164. The minimum atomic E-state index is -2.77. The highest BCUT2D eigenvalue weighted by Crippen LogP contribution is 2.30. The molecule has 0 amide bonds. The first kappa shape index (κ1) is 16.3. The molecular formula is C15H17F2N5O2. The minimum absolute atomic E-state index is 0.0240. The van der Waals surface area contributed by atoms with Crippen LogP contribution in [0.2, 0.25) is 0 Å². The van der Waals surface area contributed by atoms with Gasteiger partial charge < -0.3 is 10.0 Å². The molecule has 0 aliphatic carbocycles. The second-order valence-corrected chi connectivity index (χ2v) is 5.77. The van der Waals surface area contributed by atoms with E-state index < -0.39 is 24.1 Å². The molecule has 0 aromatic carbocycles.